The van der Waals surface area contributed by atoms with E-state index in [2.05, 4.69) is 20.7 Å². The van der Waals surface area contributed by atoms with Gasteiger partial charge in [0, 0.05) is 39.8 Å². The Kier molecular flexibility index (Phi) is 9.08. The molecule has 3 rings (SSSR count). The van der Waals surface area contributed by atoms with E-state index in [9.17, 15) is 27.0 Å². The lowest BCUT2D eigenvalue weighted by molar-refractivity contribution is -0.141. The van der Waals surface area contributed by atoms with E-state index in [1.54, 1.807) is 6.92 Å². The Balaban J connectivity index is 1.93. The molecular weight excluding hydrogens is 568 g/mol. The van der Waals surface area contributed by atoms with Crippen LogP contribution in [-0.2, 0) is 15.9 Å². The molecule has 0 radical (unpaired) electrons. The summed E-state index contributed by atoms with van der Waals surface area (Å²) in [5.74, 6) is -1.77. The zero-order valence-electron chi connectivity index (χ0n) is 20.1. The average Bonchev–Trinajstić information content (AvgIpc) is 3.26. The van der Waals surface area contributed by atoms with Gasteiger partial charge < -0.3 is 10.6 Å². The number of unbranched alkanes of at least 4 members (excludes halogenated alkanes) is 1. The summed E-state index contributed by atoms with van der Waals surface area (Å²) in [5.41, 5.74) is -1.44. The highest BCUT2D eigenvalue weighted by atomic mass is 35.5. The molecule has 2 amide bonds. The Hall–Kier alpha value is -3.13. The van der Waals surface area contributed by atoms with E-state index in [4.69, 9.17) is 28.3 Å². The van der Waals surface area contributed by atoms with Crippen molar-refractivity contribution < 1.29 is 27.0 Å². The molecule has 1 aromatic carbocycles. The van der Waals surface area contributed by atoms with E-state index in [0.717, 1.165) is 0 Å². The minimum atomic E-state index is -4.85. The lowest BCUT2D eigenvalue weighted by Gasteiger charge is -2.15. The van der Waals surface area contributed by atoms with Crippen molar-refractivity contribution in [2.75, 3.05) is 18.1 Å². The summed E-state index contributed by atoms with van der Waals surface area (Å²) in [6.45, 7) is 1.77. The number of amides is 2. The summed E-state index contributed by atoms with van der Waals surface area (Å²) in [6, 6.07) is 6.21. The Morgan fingerprint density at radius 1 is 1.21 bits per heavy atom. The van der Waals surface area contributed by atoms with Gasteiger partial charge in [0.1, 0.15) is 5.69 Å². The second-order valence-corrected chi connectivity index (χ2v) is 11.4. The molecule has 0 spiro atoms. The first-order valence-corrected chi connectivity index (χ1v) is 13.8. The van der Waals surface area contributed by atoms with Gasteiger partial charge in [-0.1, -0.05) is 23.2 Å². The lowest BCUT2D eigenvalue weighted by atomic mass is 10.1. The van der Waals surface area contributed by atoms with E-state index in [0.29, 0.717) is 29.2 Å². The number of carbonyl (C=O) groups is 2. The molecular formula is C23H23Cl2F3N6O3S. The van der Waals surface area contributed by atoms with Crippen LogP contribution in [0, 0.1) is 6.92 Å². The van der Waals surface area contributed by atoms with Crippen LogP contribution >= 0.6 is 23.2 Å². The fourth-order valence-electron chi connectivity index (χ4n) is 3.36. The van der Waals surface area contributed by atoms with E-state index in [1.807, 2.05) is 0 Å². The largest absolute Gasteiger partial charge is 0.435 e. The van der Waals surface area contributed by atoms with Crippen molar-refractivity contribution in [1.29, 1.82) is 0 Å². The minimum absolute atomic E-state index is 0.0107. The Morgan fingerprint density at radius 3 is 2.55 bits per heavy atom. The number of nitrogens with two attached hydrogens (primary N) is 1. The van der Waals surface area contributed by atoms with Crippen molar-refractivity contribution in [3.8, 4) is 5.82 Å². The van der Waals surface area contributed by atoms with Crippen molar-refractivity contribution in [2.45, 2.75) is 25.9 Å². The first-order chi connectivity index (χ1) is 17.7. The summed E-state index contributed by atoms with van der Waals surface area (Å²) >= 11 is 12.2. The Labute approximate surface area is 226 Å². The first kappa shape index (κ1) is 29.4. The third-order valence-corrected chi connectivity index (χ3v) is 6.48. The van der Waals surface area contributed by atoms with Crippen LogP contribution in [0.1, 0.15) is 44.9 Å². The molecule has 0 saturated heterocycles. The maximum absolute atomic E-state index is 13.5. The van der Waals surface area contributed by atoms with Gasteiger partial charge in [0.05, 0.1) is 16.3 Å². The molecule has 9 nitrogen and oxygen atoms in total. The molecule has 1 unspecified atom stereocenters. The maximum atomic E-state index is 13.5. The summed E-state index contributed by atoms with van der Waals surface area (Å²) in [6.07, 6.45) is -1.34. The van der Waals surface area contributed by atoms with Crippen molar-refractivity contribution in [1.82, 2.24) is 20.1 Å². The summed E-state index contributed by atoms with van der Waals surface area (Å²) in [7, 11) is -2.51. The van der Waals surface area contributed by atoms with Gasteiger partial charge >= 0.3 is 6.18 Å². The highest BCUT2D eigenvalue weighted by Gasteiger charge is 2.36. The standard InChI is InChI=1S/C23H23Cl2F3N6O3S/c1-13-10-14(24)11-15(21(35)31-7-3-4-9-38(2,29)37)19(13)32-22(36)17-12-18(23(26,27)28)33-34(17)20-16(25)6-5-8-30-20/h5-6,8-12H,3-4,7H2,1-2H3,(H2,29,37)(H,31,35)(H,32,36). The molecule has 15 heteroatoms. The summed E-state index contributed by atoms with van der Waals surface area (Å²) < 4.78 is 52.6. The number of hydrogen-bond donors (Lipinski definition) is 3. The second kappa shape index (κ2) is 11.7. The number of benzene rings is 1. The van der Waals surface area contributed by atoms with Gasteiger partial charge in [-0.25, -0.2) is 9.67 Å². The van der Waals surface area contributed by atoms with E-state index in [1.165, 1.54) is 42.1 Å². The van der Waals surface area contributed by atoms with Gasteiger partial charge in [0.25, 0.3) is 11.8 Å². The van der Waals surface area contributed by atoms with Gasteiger partial charge in [0.2, 0.25) is 0 Å². The van der Waals surface area contributed by atoms with E-state index in [-0.39, 0.29) is 33.7 Å². The Morgan fingerprint density at radius 2 is 1.92 bits per heavy atom. The number of aromatic nitrogens is 3. The molecule has 38 heavy (non-hydrogen) atoms. The van der Waals surface area contributed by atoms with Gasteiger partial charge in [-0.15, -0.1) is 0 Å². The molecule has 2 aromatic heterocycles. The first-order valence-electron chi connectivity index (χ1n) is 11.0. The molecule has 0 aliphatic carbocycles. The van der Waals surface area contributed by atoms with Crippen LogP contribution in [-0.4, -0.2) is 49.0 Å². The number of anilines is 1. The van der Waals surface area contributed by atoms with Crippen LogP contribution in [0.2, 0.25) is 10.0 Å². The fourth-order valence-corrected chi connectivity index (χ4v) is 4.47. The highest BCUT2D eigenvalue weighted by Crippen LogP contribution is 2.31. The van der Waals surface area contributed by atoms with E-state index >= 15 is 0 Å². The Bertz CT molecular complexity index is 1490. The number of halogens is 5. The normalized spacial score (nSPS) is 13.1. The van der Waals surface area contributed by atoms with Crippen LogP contribution in [0.3, 0.4) is 0 Å². The summed E-state index contributed by atoms with van der Waals surface area (Å²) in [4.78, 5) is 30.1. The zero-order chi connectivity index (χ0) is 28.3. The molecule has 2 heterocycles. The smallest absolute Gasteiger partial charge is 0.352 e. The number of hydrogen-bond acceptors (Lipinski definition) is 5. The SMILES string of the molecule is Cc1cc(Cl)cc(C(=O)NCCCC=S(C)(N)=O)c1NC(=O)c1cc(C(F)(F)F)nn1-c1ncccc1Cl. The number of nitrogens with one attached hydrogen (secondary N) is 2. The second-order valence-electron chi connectivity index (χ2n) is 8.26. The predicted octanol–water partition coefficient (Wildman–Crippen LogP) is 4.25. The topological polar surface area (TPSA) is 132 Å². The van der Waals surface area contributed by atoms with Crippen LogP contribution in [0.25, 0.3) is 5.82 Å². The molecule has 0 aliphatic heterocycles. The molecule has 0 fully saturated rings. The average molecular weight is 591 g/mol. The van der Waals surface area contributed by atoms with Crippen molar-refractivity contribution >= 4 is 55.8 Å². The number of pyridine rings is 1. The number of alkyl halides is 3. The molecule has 0 saturated carbocycles. The predicted molar refractivity (Wildman–Crippen MR) is 141 cm³/mol. The maximum Gasteiger partial charge on any atom is 0.435 e. The van der Waals surface area contributed by atoms with E-state index < -0.39 is 39.1 Å². The van der Waals surface area contributed by atoms with Gasteiger partial charge in [-0.3, -0.25) is 18.9 Å². The molecule has 4 N–H and O–H groups in total. The van der Waals surface area contributed by atoms with Crippen molar-refractivity contribution in [3.05, 3.63) is 69.1 Å². The van der Waals surface area contributed by atoms with Crippen molar-refractivity contribution in [2.24, 2.45) is 5.14 Å². The van der Waals surface area contributed by atoms with Gasteiger partial charge in [0.15, 0.2) is 11.5 Å². The van der Waals surface area contributed by atoms with Crippen LogP contribution < -0.4 is 15.8 Å². The van der Waals surface area contributed by atoms with Gasteiger partial charge in [-0.2, -0.15) is 18.3 Å². The van der Waals surface area contributed by atoms with Crippen LogP contribution in [0.4, 0.5) is 18.9 Å². The third kappa shape index (κ3) is 7.47. The van der Waals surface area contributed by atoms with Crippen LogP contribution in [0.15, 0.2) is 36.5 Å². The fraction of sp³-hybridized carbons (Fsp3) is 0.261. The number of carbonyl (C=O) groups excluding carboxylic acids is 2. The monoisotopic (exact) mass is 590 g/mol. The summed E-state index contributed by atoms with van der Waals surface area (Å²) in [5, 5.41) is 15.7. The molecule has 1 atom stereocenters. The van der Waals surface area contributed by atoms with Crippen molar-refractivity contribution in [3.63, 3.8) is 0 Å². The van der Waals surface area contributed by atoms with Crippen LogP contribution in [0.5, 0.6) is 0 Å². The number of nitrogens with zero attached hydrogens (tertiary/aromatic N) is 3. The molecule has 0 aliphatic rings. The molecule has 0 bridgehead atoms. The molecule has 204 valence electrons. The lowest BCUT2D eigenvalue weighted by Crippen LogP contribution is -2.27. The zero-order valence-corrected chi connectivity index (χ0v) is 22.4. The van der Waals surface area contributed by atoms with Gasteiger partial charge in [-0.05, 0) is 55.0 Å². The quantitative estimate of drug-likeness (QED) is 0.266. The number of aryl methyl sites for hydroxylation is 1. The number of rotatable bonds is 8. The minimum Gasteiger partial charge on any atom is -0.352 e. The third-order valence-electron chi connectivity index (χ3n) is 5.07. The highest BCUT2D eigenvalue weighted by molar-refractivity contribution is 7.98. The molecule has 3 aromatic rings.